The average Bonchev–Trinajstić information content (AvgIpc) is 2.30. The predicted molar refractivity (Wildman–Crippen MR) is 66.3 cm³/mol. The van der Waals surface area contributed by atoms with Crippen LogP contribution in [0.2, 0.25) is 0 Å². The summed E-state index contributed by atoms with van der Waals surface area (Å²) < 4.78 is 4.86. The van der Waals surface area contributed by atoms with Crippen molar-refractivity contribution >= 4 is 17.7 Å². The van der Waals surface area contributed by atoms with E-state index >= 15 is 0 Å². The zero-order chi connectivity index (χ0) is 11.8. The van der Waals surface area contributed by atoms with Crippen LogP contribution in [0.15, 0.2) is 29.2 Å². The summed E-state index contributed by atoms with van der Waals surface area (Å²) in [6.45, 7) is 2.79. The number of carbonyl (C=O) groups excluding carboxylic acids is 1. The van der Waals surface area contributed by atoms with Gasteiger partial charge in [0.25, 0.3) is 0 Å². The van der Waals surface area contributed by atoms with E-state index in [-0.39, 0.29) is 5.97 Å². The van der Waals surface area contributed by atoms with Crippen LogP contribution in [0, 0.1) is 0 Å². The molecule has 0 bridgehead atoms. The molecule has 2 N–H and O–H groups in total. The number of nitrogens with two attached hydrogens (primary N) is 1. The number of esters is 1. The minimum atomic E-state index is -0.139. The SMILES string of the molecule is CCOC(=O)CCSc1ccccc1CN. The van der Waals surface area contributed by atoms with Crippen molar-refractivity contribution in [3.63, 3.8) is 0 Å². The van der Waals surface area contributed by atoms with Gasteiger partial charge in [0.2, 0.25) is 0 Å². The zero-order valence-corrected chi connectivity index (χ0v) is 10.3. The molecule has 0 saturated heterocycles. The summed E-state index contributed by atoms with van der Waals surface area (Å²) >= 11 is 1.64. The van der Waals surface area contributed by atoms with Gasteiger partial charge in [-0.1, -0.05) is 18.2 Å². The maximum Gasteiger partial charge on any atom is 0.306 e. The minimum Gasteiger partial charge on any atom is -0.466 e. The van der Waals surface area contributed by atoms with Crippen molar-refractivity contribution in [3.8, 4) is 0 Å². The normalized spacial score (nSPS) is 10.1. The summed E-state index contributed by atoms with van der Waals surface area (Å²) in [6, 6.07) is 7.98. The van der Waals surface area contributed by atoms with Crippen LogP contribution in [-0.4, -0.2) is 18.3 Å². The monoisotopic (exact) mass is 239 g/mol. The molecule has 4 heteroatoms. The quantitative estimate of drug-likeness (QED) is 0.610. The molecule has 0 fully saturated rings. The van der Waals surface area contributed by atoms with E-state index in [2.05, 4.69) is 0 Å². The van der Waals surface area contributed by atoms with Crippen LogP contribution in [0.5, 0.6) is 0 Å². The number of carbonyl (C=O) groups is 1. The fourth-order valence-electron chi connectivity index (χ4n) is 1.29. The van der Waals surface area contributed by atoms with Gasteiger partial charge >= 0.3 is 5.97 Å². The van der Waals surface area contributed by atoms with Crippen LogP contribution in [0.1, 0.15) is 18.9 Å². The zero-order valence-electron chi connectivity index (χ0n) is 9.44. The molecule has 0 atom stereocenters. The number of rotatable bonds is 6. The van der Waals surface area contributed by atoms with Gasteiger partial charge < -0.3 is 10.5 Å². The Balaban J connectivity index is 2.39. The Kier molecular flexibility index (Phi) is 5.96. The summed E-state index contributed by atoms with van der Waals surface area (Å²) in [7, 11) is 0. The van der Waals surface area contributed by atoms with Crippen molar-refractivity contribution in [2.75, 3.05) is 12.4 Å². The number of thioether (sulfide) groups is 1. The molecule has 1 aromatic carbocycles. The molecule has 0 aromatic heterocycles. The Morgan fingerprint density at radius 1 is 1.44 bits per heavy atom. The lowest BCUT2D eigenvalue weighted by atomic mass is 10.2. The predicted octanol–water partition coefficient (Wildman–Crippen LogP) is 2.19. The first-order valence-corrected chi connectivity index (χ1v) is 6.33. The Hall–Kier alpha value is -1.00. The van der Waals surface area contributed by atoms with Crippen LogP contribution in [-0.2, 0) is 16.1 Å². The van der Waals surface area contributed by atoms with Gasteiger partial charge in [0.15, 0.2) is 0 Å². The molecule has 16 heavy (non-hydrogen) atoms. The molecule has 88 valence electrons. The van der Waals surface area contributed by atoms with E-state index in [1.54, 1.807) is 11.8 Å². The molecule has 0 spiro atoms. The van der Waals surface area contributed by atoms with E-state index in [4.69, 9.17) is 10.5 Å². The highest BCUT2D eigenvalue weighted by atomic mass is 32.2. The van der Waals surface area contributed by atoms with Crippen LogP contribution in [0.3, 0.4) is 0 Å². The molecule has 1 rings (SSSR count). The smallest absolute Gasteiger partial charge is 0.306 e. The molecule has 0 radical (unpaired) electrons. The highest BCUT2D eigenvalue weighted by Gasteiger charge is 2.04. The molecule has 0 heterocycles. The number of benzene rings is 1. The Morgan fingerprint density at radius 2 is 2.19 bits per heavy atom. The summed E-state index contributed by atoms with van der Waals surface area (Å²) in [5, 5.41) is 0. The number of hydrogen-bond donors (Lipinski definition) is 1. The first kappa shape index (κ1) is 13.1. The van der Waals surface area contributed by atoms with Crippen molar-refractivity contribution in [1.29, 1.82) is 0 Å². The molecule has 1 aromatic rings. The van der Waals surface area contributed by atoms with E-state index in [0.717, 1.165) is 16.2 Å². The van der Waals surface area contributed by atoms with E-state index in [1.165, 1.54) is 0 Å². The van der Waals surface area contributed by atoms with Crippen LogP contribution < -0.4 is 5.73 Å². The van der Waals surface area contributed by atoms with Crippen LogP contribution in [0.25, 0.3) is 0 Å². The third-order valence-electron chi connectivity index (χ3n) is 2.06. The summed E-state index contributed by atoms with van der Waals surface area (Å²) in [5.74, 6) is 0.593. The third kappa shape index (κ3) is 4.24. The van der Waals surface area contributed by atoms with Gasteiger partial charge in [0, 0.05) is 17.2 Å². The van der Waals surface area contributed by atoms with Gasteiger partial charge in [-0.25, -0.2) is 0 Å². The van der Waals surface area contributed by atoms with Crippen LogP contribution >= 0.6 is 11.8 Å². The van der Waals surface area contributed by atoms with Crippen molar-refractivity contribution in [2.45, 2.75) is 24.8 Å². The summed E-state index contributed by atoms with van der Waals surface area (Å²) in [5.41, 5.74) is 6.75. The molecule has 0 aliphatic heterocycles. The van der Waals surface area contributed by atoms with Crippen molar-refractivity contribution in [3.05, 3.63) is 29.8 Å². The number of hydrogen-bond acceptors (Lipinski definition) is 4. The van der Waals surface area contributed by atoms with Gasteiger partial charge in [0.1, 0.15) is 0 Å². The standard InChI is InChI=1S/C12H17NO2S/c1-2-15-12(14)7-8-16-11-6-4-3-5-10(11)9-13/h3-6H,2,7-9,13H2,1H3. The molecule has 3 nitrogen and oxygen atoms in total. The molecule has 0 saturated carbocycles. The van der Waals surface area contributed by atoms with E-state index < -0.39 is 0 Å². The highest BCUT2D eigenvalue weighted by Crippen LogP contribution is 2.22. The van der Waals surface area contributed by atoms with E-state index in [9.17, 15) is 4.79 Å². The summed E-state index contributed by atoms with van der Waals surface area (Å²) in [6.07, 6.45) is 0.442. The van der Waals surface area contributed by atoms with E-state index in [0.29, 0.717) is 19.6 Å². The maximum absolute atomic E-state index is 11.1. The molecule has 0 aliphatic rings. The lowest BCUT2D eigenvalue weighted by Crippen LogP contribution is -2.05. The molecule has 0 unspecified atom stereocenters. The van der Waals surface area contributed by atoms with Gasteiger partial charge in [-0.2, -0.15) is 0 Å². The molecule has 0 aliphatic carbocycles. The lowest BCUT2D eigenvalue weighted by molar-refractivity contribution is -0.142. The lowest BCUT2D eigenvalue weighted by Gasteiger charge is -2.06. The fourth-order valence-corrected chi connectivity index (χ4v) is 2.29. The van der Waals surface area contributed by atoms with Gasteiger partial charge in [-0.05, 0) is 18.6 Å². The first-order chi connectivity index (χ1) is 7.77. The second-order valence-electron chi connectivity index (χ2n) is 3.22. The summed E-state index contributed by atoms with van der Waals surface area (Å²) in [4.78, 5) is 12.3. The van der Waals surface area contributed by atoms with Gasteiger partial charge in [-0.15, -0.1) is 11.8 Å². The average molecular weight is 239 g/mol. The van der Waals surface area contributed by atoms with Crippen molar-refractivity contribution in [2.24, 2.45) is 5.73 Å². The molecular weight excluding hydrogens is 222 g/mol. The third-order valence-corrected chi connectivity index (χ3v) is 3.18. The minimum absolute atomic E-state index is 0.139. The highest BCUT2D eigenvalue weighted by molar-refractivity contribution is 7.99. The van der Waals surface area contributed by atoms with Crippen LogP contribution in [0.4, 0.5) is 0 Å². The second kappa shape index (κ2) is 7.30. The number of ether oxygens (including phenoxy) is 1. The maximum atomic E-state index is 11.1. The van der Waals surface area contributed by atoms with Crippen molar-refractivity contribution in [1.82, 2.24) is 0 Å². The topological polar surface area (TPSA) is 52.3 Å². The van der Waals surface area contributed by atoms with Gasteiger partial charge in [0.05, 0.1) is 13.0 Å². The second-order valence-corrected chi connectivity index (χ2v) is 4.35. The van der Waals surface area contributed by atoms with E-state index in [1.807, 2.05) is 31.2 Å². The largest absolute Gasteiger partial charge is 0.466 e. The fraction of sp³-hybridized carbons (Fsp3) is 0.417. The van der Waals surface area contributed by atoms with Gasteiger partial charge in [-0.3, -0.25) is 4.79 Å². The molecule has 0 amide bonds. The first-order valence-electron chi connectivity index (χ1n) is 5.34. The Labute approximate surface area is 100 Å². The van der Waals surface area contributed by atoms with Crippen molar-refractivity contribution < 1.29 is 9.53 Å². The Bertz CT molecular complexity index is 342. The Morgan fingerprint density at radius 3 is 2.88 bits per heavy atom. The molecular formula is C12H17NO2S.